The van der Waals surface area contributed by atoms with E-state index in [9.17, 15) is 5.26 Å². The molecule has 0 aliphatic carbocycles. The van der Waals surface area contributed by atoms with Gasteiger partial charge in [-0.2, -0.15) is 5.26 Å². The number of nitrogens with zero attached hydrogens (tertiary/aromatic N) is 2. The normalized spacial score (nSPS) is 10.3. The predicted molar refractivity (Wildman–Crippen MR) is 100 cm³/mol. The summed E-state index contributed by atoms with van der Waals surface area (Å²) in [4.78, 5) is 4.43. The van der Waals surface area contributed by atoms with Gasteiger partial charge in [0.15, 0.2) is 0 Å². The molecule has 2 aromatic carbocycles. The van der Waals surface area contributed by atoms with Crippen LogP contribution in [-0.2, 0) is 0 Å². The van der Waals surface area contributed by atoms with E-state index in [2.05, 4.69) is 11.1 Å². The minimum absolute atomic E-state index is 0.225. The van der Waals surface area contributed by atoms with Crippen LogP contribution >= 0.6 is 0 Å². The van der Waals surface area contributed by atoms with Gasteiger partial charge in [-0.15, -0.1) is 0 Å². The summed E-state index contributed by atoms with van der Waals surface area (Å²) in [7, 11) is 0. The van der Waals surface area contributed by atoms with Crippen molar-refractivity contribution in [1.82, 2.24) is 4.98 Å². The van der Waals surface area contributed by atoms with Crippen LogP contribution < -0.4 is 10.5 Å². The fourth-order valence-corrected chi connectivity index (χ4v) is 2.82. The summed E-state index contributed by atoms with van der Waals surface area (Å²) in [5, 5.41) is 9.58. The predicted octanol–water partition coefficient (Wildman–Crippen LogP) is 4.58. The van der Waals surface area contributed by atoms with Crippen molar-refractivity contribution < 1.29 is 4.74 Å². The lowest BCUT2D eigenvalue weighted by molar-refractivity contribution is 0.341. The van der Waals surface area contributed by atoms with Gasteiger partial charge >= 0.3 is 0 Å². The topological polar surface area (TPSA) is 71.9 Å². The average Bonchev–Trinajstić information content (AvgIpc) is 2.62. The van der Waals surface area contributed by atoms with Crippen molar-refractivity contribution in [2.24, 2.45) is 0 Å². The second-order valence-electron chi connectivity index (χ2n) is 5.73. The first-order valence-corrected chi connectivity index (χ1v) is 8.14. The first-order valence-electron chi connectivity index (χ1n) is 8.14. The van der Waals surface area contributed by atoms with E-state index in [0.29, 0.717) is 12.2 Å². The number of pyridine rings is 1. The summed E-state index contributed by atoms with van der Waals surface area (Å²) in [6.07, 6.45) is 0. The minimum atomic E-state index is 0.225. The number of nitriles is 1. The van der Waals surface area contributed by atoms with E-state index in [4.69, 9.17) is 10.5 Å². The Bertz CT molecular complexity index is 958. The molecular formula is C21H19N3O. The Morgan fingerprint density at radius 2 is 1.88 bits per heavy atom. The lowest BCUT2D eigenvalue weighted by Crippen LogP contribution is -2.01. The van der Waals surface area contributed by atoms with Crippen molar-refractivity contribution in [3.8, 4) is 34.2 Å². The monoisotopic (exact) mass is 329 g/mol. The van der Waals surface area contributed by atoms with Gasteiger partial charge in [0.25, 0.3) is 0 Å². The molecule has 124 valence electrons. The Kier molecular flexibility index (Phi) is 4.67. The number of benzene rings is 2. The summed E-state index contributed by atoms with van der Waals surface area (Å²) in [5.74, 6) is 0.949. The molecule has 0 unspecified atom stereocenters. The highest BCUT2D eigenvalue weighted by atomic mass is 16.5. The van der Waals surface area contributed by atoms with Crippen LogP contribution in [0.2, 0.25) is 0 Å². The minimum Gasteiger partial charge on any atom is -0.493 e. The molecule has 3 rings (SSSR count). The molecule has 1 heterocycles. The Morgan fingerprint density at radius 3 is 2.60 bits per heavy atom. The van der Waals surface area contributed by atoms with Crippen LogP contribution in [0.15, 0.2) is 54.6 Å². The molecule has 0 aliphatic rings. The smallest absolute Gasteiger partial charge is 0.142 e. The maximum Gasteiger partial charge on any atom is 0.142 e. The zero-order valence-electron chi connectivity index (χ0n) is 14.3. The van der Waals surface area contributed by atoms with Gasteiger partial charge in [0.1, 0.15) is 23.2 Å². The Morgan fingerprint density at radius 1 is 1.08 bits per heavy atom. The van der Waals surface area contributed by atoms with Crippen LogP contribution in [0.3, 0.4) is 0 Å². The van der Waals surface area contributed by atoms with Gasteiger partial charge in [-0.25, -0.2) is 4.98 Å². The van der Waals surface area contributed by atoms with Crippen molar-refractivity contribution in [1.29, 1.82) is 5.26 Å². The molecule has 25 heavy (non-hydrogen) atoms. The number of aromatic nitrogens is 1. The molecule has 0 atom stereocenters. The molecule has 4 nitrogen and oxygen atoms in total. The molecule has 0 saturated carbocycles. The standard InChI is InChI=1S/C21H19N3O/c1-3-25-20-10-5-4-9-16(20)17-12-19(24-21(23)18(17)13-22)15-8-6-7-14(2)11-15/h4-12H,3H2,1-2H3,(H2,23,24). The lowest BCUT2D eigenvalue weighted by Gasteiger charge is -2.14. The van der Waals surface area contributed by atoms with Gasteiger partial charge in [-0.05, 0) is 32.0 Å². The lowest BCUT2D eigenvalue weighted by atomic mass is 9.97. The molecule has 0 spiro atoms. The van der Waals surface area contributed by atoms with Crippen molar-refractivity contribution in [2.75, 3.05) is 12.3 Å². The maximum absolute atomic E-state index is 9.58. The summed E-state index contributed by atoms with van der Waals surface area (Å²) in [6, 6.07) is 19.8. The second-order valence-corrected chi connectivity index (χ2v) is 5.73. The zero-order chi connectivity index (χ0) is 17.8. The third-order valence-corrected chi connectivity index (χ3v) is 3.95. The summed E-state index contributed by atoms with van der Waals surface area (Å²) in [5.41, 5.74) is 10.9. The van der Waals surface area contributed by atoms with Crippen molar-refractivity contribution in [2.45, 2.75) is 13.8 Å². The van der Waals surface area contributed by atoms with Crippen molar-refractivity contribution >= 4 is 5.82 Å². The van der Waals surface area contributed by atoms with Gasteiger partial charge in [0.2, 0.25) is 0 Å². The van der Waals surface area contributed by atoms with Crippen molar-refractivity contribution in [3.63, 3.8) is 0 Å². The van der Waals surface area contributed by atoms with Gasteiger partial charge in [-0.3, -0.25) is 0 Å². The summed E-state index contributed by atoms with van der Waals surface area (Å²) in [6.45, 7) is 4.51. The third kappa shape index (κ3) is 3.31. The molecule has 1 aromatic heterocycles. The first-order chi connectivity index (χ1) is 12.1. The van der Waals surface area contributed by atoms with Crippen LogP contribution in [0.4, 0.5) is 5.82 Å². The van der Waals surface area contributed by atoms with E-state index in [-0.39, 0.29) is 5.82 Å². The molecule has 0 amide bonds. The third-order valence-electron chi connectivity index (χ3n) is 3.95. The Balaban J connectivity index is 2.24. The fraction of sp³-hybridized carbons (Fsp3) is 0.143. The van der Waals surface area contributed by atoms with Gasteiger partial charge in [0, 0.05) is 16.7 Å². The molecule has 0 saturated heterocycles. The van der Waals surface area contributed by atoms with Gasteiger partial charge in [-0.1, -0.05) is 42.0 Å². The molecule has 4 heteroatoms. The Hall–Kier alpha value is -3.32. The number of hydrogen-bond acceptors (Lipinski definition) is 4. The maximum atomic E-state index is 9.58. The van der Waals surface area contributed by atoms with Crippen LogP contribution in [0.25, 0.3) is 22.4 Å². The van der Waals surface area contributed by atoms with E-state index in [1.807, 2.05) is 68.4 Å². The molecule has 0 aliphatic heterocycles. The van der Waals surface area contributed by atoms with Crippen LogP contribution in [0, 0.1) is 18.3 Å². The van der Waals surface area contributed by atoms with E-state index in [1.54, 1.807) is 0 Å². The largest absolute Gasteiger partial charge is 0.493 e. The molecule has 0 radical (unpaired) electrons. The average molecular weight is 329 g/mol. The number of aryl methyl sites for hydroxylation is 1. The molecule has 0 fully saturated rings. The number of ether oxygens (including phenoxy) is 1. The van der Waals surface area contributed by atoms with E-state index >= 15 is 0 Å². The fourth-order valence-electron chi connectivity index (χ4n) is 2.82. The van der Waals surface area contributed by atoms with Gasteiger partial charge in [0.05, 0.1) is 12.3 Å². The number of rotatable bonds is 4. The van der Waals surface area contributed by atoms with E-state index in [0.717, 1.165) is 33.7 Å². The summed E-state index contributed by atoms with van der Waals surface area (Å²) >= 11 is 0. The number of hydrogen-bond donors (Lipinski definition) is 1. The number of nitrogens with two attached hydrogens (primary N) is 1. The highest BCUT2D eigenvalue weighted by Gasteiger charge is 2.16. The quantitative estimate of drug-likeness (QED) is 0.760. The highest BCUT2D eigenvalue weighted by Crippen LogP contribution is 2.36. The zero-order valence-corrected chi connectivity index (χ0v) is 14.3. The number of nitrogen functional groups attached to an aromatic ring is 1. The summed E-state index contributed by atoms with van der Waals surface area (Å²) < 4.78 is 5.72. The van der Waals surface area contributed by atoms with Crippen LogP contribution in [0.1, 0.15) is 18.1 Å². The van der Waals surface area contributed by atoms with Crippen LogP contribution in [-0.4, -0.2) is 11.6 Å². The van der Waals surface area contributed by atoms with E-state index < -0.39 is 0 Å². The van der Waals surface area contributed by atoms with Crippen molar-refractivity contribution in [3.05, 3.63) is 65.7 Å². The van der Waals surface area contributed by atoms with Crippen LogP contribution in [0.5, 0.6) is 5.75 Å². The van der Waals surface area contributed by atoms with E-state index in [1.165, 1.54) is 0 Å². The van der Waals surface area contributed by atoms with Gasteiger partial charge < -0.3 is 10.5 Å². The molecular weight excluding hydrogens is 310 g/mol. The second kappa shape index (κ2) is 7.06. The number of anilines is 1. The Labute approximate surface area is 147 Å². The number of para-hydroxylation sites is 1. The molecule has 0 bridgehead atoms. The highest BCUT2D eigenvalue weighted by molar-refractivity contribution is 5.83. The first kappa shape index (κ1) is 16.5. The molecule has 2 N–H and O–H groups in total. The SMILES string of the molecule is CCOc1ccccc1-c1cc(-c2cccc(C)c2)nc(N)c1C#N. The molecule has 3 aromatic rings.